The minimum Gasteiger partial charge on any atom is -0.393 e. The first kappa shape index (κ1) is 8.69. The Hall–Kier alpha value is -0.900. The molecule has 0 saturated heterocycles. The van der Waals surface area contributed by atoms with Crippen LogP contribution in [0, 0.1) is 5.92 Å². The van der Waals surface area contributed by atoms with E-state index in [1.165, 1.54) is 12.8 Å². The standard InChI is InChI=1S/C9H15N3O/c1-12-9(10-6-11-12)5-4-8(13)7-2-3-7/h6-8,13H,2-5H2,1H3. The van der Waals surface area contributed by atoms with Gasteiger partial charge >= 0.3 is 0 Å². The van der Waals surface area contributed by atoms with E-state index in [-0.39, 0.29) is 6.10 Å². The van der Waals surface area contributed by atoms with E-state index in [2.05, 4.69) is 10.1 Å². The number of aryl methyl sites for hydroxylation is 2. The van der Waals surface area contributed by atoms with Gasteiger partial charge in [0, 0.05) is 13.5 Å². The molecule has 1 fully saturated rings. The fourth-order valence-electron chi connectivity index (χ4n) is 1.54. The molecule has 1 unspecified atom stereocenters. The van der Waals surface area contributed by atoms with Gasteiger partial charge in [0.2, 0.25) is 0 Å². The number of hydrogen-bond donors (Lipinski definition) is 1. The summed E-state index contributed by atoms with van der Waals surface area (Å²) < 4.78 is 1.76. The smallest absolute Gasteiger partial charge is 0.138 e. The molecule has 2 rings (SSSR count). The van der Waals surface area contributed by atoms with Crippen LogP contribution in [0.5, 0.6) is 0 Å². The summed E-state index contributed by atoms with van der Waals surface area (Å²) in [6, 6.07) is 0. The van der Waals surface area contributed by atoms with Crippen molar-refractivity contribution in [2.45, 2.75) is 31.8 Å². The number of aliphatic hydroxyl groups excluding tert-OH is 1. The second-order valence-electron chi connectivity index (χ2n) is 3.74. The van der Waals surface area contributed by atoms with Crippen LogP contribution < -0.4 is 0 Å². The quantitative estimate of drug-likeness (QED) is 0.736. The van der Waals surface area contributed by atoms with Gasteiger partial charge in [-0.3, -0.25) is 4.68 Å². The molecule has 1 aromatic heterocycles. The molecular formula is C9H15N3O. The predicted octanol–water partition coefficient (Wildman–Crippen LogP) is 0.519. The van der Waals surface area contributed by atoms with E-state index >= 15 is 0 Å². The Kier molecular flexibility index (Phi) is 2.31. The Morgan fingerprint density at radius 3 is 3.00 bits per heavy atom. The van der Waals surface area contributed by atoms with Crippen LogP contribution >= 0.6 is 0 Å². The monoisotopic (exact) mass is 181 g/mol. The maximum absolute atomic E-state index is 9.62. The highest BCUT2D eigenvalue weighted by molar-refractivity contribution is 4.87. The SMILES string of the molecule is Cn1ncnc1CCC(O)C1CC1. The normalized spacial score (nSPS) is 18.9. The average Bonchev–Trinajstić information content (AvgIpc) is 2.88. The second-order valence-corrected chi connectivity index (χ2v) is 3.74. The van der Waals surface area contributed by atoms with Crippen molar-refractivity contribution in [2.24, 2.45) is 13.0 Å². The molecule has 0 spiro atoms. The minimum absolute atomic E-state index is 0.128. The Balaban J connectivity index is 1.81. The molecule has 0 aromatic carbocycles. The third-order valence-corrected chi connectivity index (χ3v) is 2.64. The van der Waals surface area contributed by atoms with Crippen molar-refractivity contribution in [2.75, 3.05) is 0 Å². The molecule has 0 radical (unpaired) electrons. The van der Waals surface area contributed by atoms with Crippen LogP contribution in [0.4, 0.5) is 0 Å². The van der Waals surface area contributed by atoms with Gasteiger partial charge in [0.25, 0.3) is 0 Å². The summed E-state index contributed by atoms with van der Waals surface area (Å²) in [4.78, 5) is 4.11. The number of aliphatic hydroxyl groups is 1. The zero-order valence-corrected chi connectivity index (χ0v) is 7.85. The lowest BCUT2D eigenvalue weighted by Gasteiger charge is -2.07. The Morgan fingerprint density at radius 1 is 1.69 bits per heavy atom. The van der Waals surface area contributed by atoms with E-state index in [4.69, 9.17) is 0 Å². The molecule has 1 aromatic rings. The molecule has 0 amide bonds. The fourth-order valence-corrected chi connectivity index (χ4v) is 1.54. The zero-order valence-electron chi connectivity index (χ0n) is 7.85. The highest BCUT2D eigenvalue weighted by atomic mass is 16.3. The molecule has 72 valence electrons. The molecule has 0 aliphatic heterocycles. The molecule has 0 bridgehead atoms. The third-order valence-electron chi connectivity index (χ3n) is 2.64. The molecule has 1 aliphatic carbocycles. The van der Waals surface area contributed by atoms with Crippen molar-refractivity contribution >= 4 is 0 Å². The van der Waals surface area contributed by atoms with Gasteiger partial charge in [0.1, 0.15) is 12.2 Å². The van der Waals surface area contributed by atoms with Crippen molar-refractivity contribution in [3.63, 3.8) is 0 Å². The molecule has 4 heteroatoms. The van der Waals surface area contributed by atoms with Crippen LogP contribution in [0.15, 0.2) is 6.33 Å². The number of hydrogen-bond acceptors (Lipinski definition) is 3. The summed E-state index contributed by atoms with van der Waals surface area (Å²) in [7, 11) is 1.88. The lowest BCUT2D eigenvalue weighted by molar-refractivity contribution is 0.141. The predicted molar refractivity (Wildman–Crippen MR) is 48.1 cm³/mol. The van der Waals surface area contributed by atoms with Gasteiger partial charge < -0.3 is 5.11 Å². The number of rotatable bonds is 4. The summed E-state index contributed by atoms with van der Waals surface area (Å²) in [5.41, 5.74) is 0. The first-order valence-corrected chi connectivity index (χ1v) is 4.78. The maximum Gasteiger partial charge on any atom is 0.138 e. The third kappa shape index (κ3) is 2.06. The number of aromatic nitrogens is 3. The van der Waals surface area contributed by atoms with E-state index in [1.54, 1.807) is 11.0 Å². The van der Waals surface area contributed by atoms with Gasteiger partial charge in [-0.25, -0.2) is 4.98 Å². The first-order chi connectivity index (χ1) is 6.27. The Bertz CT molecular complexity index is 280. The topological polar surface area (TPSA) is 50.9 Å². The molecule has 4 nitrogen and oxygen atoms in total. The molecule has 1 aliphatic rings. The van der Waals surface area contributed by atoms with E-state index in [9.17, 15) is 5.11 Å². The minimum atomic E-state index is -0.128. The zero-order chi connectivity index (χ0) is 9.26. The van der Waals surface area contributed by atoms with E-state index in [1.807, 2.05) is 7.05 Å². The van der Waals surface area contributed by atoms with Crippen molar-refractivity contribution in [1.82, 2.24) is 14.8 Å². The summed E-state index contributed by atoms with van der Waals surface area (Å²) in [5.74, 6) is 1.52. The van der Waals surface area contributed by atoms with Crippen LogP contribution in [-0.4, -0.2) is 26.0 Å². The molecule has 1 saturated carbocycles. The molecular weight excluding hydrogens is 166 g/mol. The van der Waals surface area contributed by atoms with E-state index in [0.717, 1.165) is 18.7 Å². The second kappa shape index (κ2) is 3.46. The van der Waals surface area contributed by atoms with Gasteiger partial charge in [-0.1, -0.05) is 0 Å². The first-order valence-electron chi connectivity index (χ1n) is 4.78. The van der Waals surface area contributed by atoms with Gasteiger partial charge in [0.05, 0.1) is 6.10 Å². The van der Waals surface area contributed by atoms with Crippen LogP contribution in [0.25, 0.3) is 0 Å². The summed E-state index contributed by atoms with van der Waals surface area (Å²) in [6.45, 7) is 0. The summed E-state index contributed by atoms with van der Waals surface area (Å²) in [5, 5.41) is 13.6. The Morgan fingerprint density at radius 2 is 2.46 bits per heavy atom. The van der Waals surface area contributed by atoms with E-state index in [0.29, 0.717) is 5.92 Å². The molecule has 1 heterocycles. The van der Waals surface area contributed by atoms with Crippen molar-refractivity contribution in [3.05, 3.63) is 12.2 Å². The van der Waals surface area contributed by atoms with E-state index < -0.39 is 0 Å². The average molecular weight is 181 g/mol. The van der Waals surface area contributed by atoms with Crippen molar-refractivity contribution in [3.8, 4) is 0 Å². The Labute approximate surface area is 77.6 Å². The summed E-state index contributed by atoms with van der Waals surface area (Å²) in [6.07, 6.45) is 5.46. The van der Waals surface area contributed by atoms with Gasteiger partial charge in [-0.15, -0.1) is 0 Å². The highest BCUT2D eigenvalue weighted by Crippen LogP contribution is 2.34. The lowest BCUT2D eigenvalue weighted by Crippen LogP contribution is -2.12. The summed E-state index contributed by atoms with van der Waals surface area (Å²) >= 11 is 0. The highest BCUT2D eigenvalue weighted by Gasteiger charge is 2.29. The lowest BCUT2D eigenvalue weighted by atomic mass is 10.1. The van der Waals surface area contributed by atoms with Crippen molar-refractivity contribution < 1.29 is 5.11 Å². The molecule has 13 heavy (non-hydrogen) atoms. The van der Waals surface area contributed by atoms with Gasteiger partial charge in [-0.2, -0.15) is 5.10 Å². The maximum atomic E-state index is 9.62. The van der Waals surface area contributed by atoms with Crippen LogP contribution in [0.2, 0.25) is 0 Å². The molecule has 1 N–H and O–H groups in total. The van der Waals surface area contributed by atoms with Gasteiger partial charge in [0.15, 0.2) is 0 Å². The van der Waals surface area contributed by atoms with Gasteiger partial charge in [-0.05, 0) is 25.2 Å². The number of nitrogens with zero attached hydrogens (tertiary/aromatic N) is 3. The molecule has 1 atom stereocenters. The fraction of sp³-hybridized carbons (Fsp3) is 0.778. The van der Waals surface area contributed by atoms with Crippen LogP contribution in [0.3, 0.4) is 0 Å². The van der Waals surface area contributed by atoms with Crippen LogP contribution in [0.1, 0.15) is 25.1 Å². The largest absolute Gasteiger partial charge is 0.393 e. The van der Waals surface area contributed by atoms with Crippen LogP contribution in [-0.2, 0) is 13.5 Å². The van der Waals surface area contributed by atoms with Crippen molar-refractivity contribution in [1.29, 1.82) is 0 Å².